The highest BCUT2D eigenvalue weighted by molar-refractivity contribution is 5.95. The van der Waals surface area contributed by atoms with Crippen molar-refractivity contribution >= 4 is 11.8 Å². The predicted molar refractivity (Wildman–Crippen MR) is 138 cm³/mol. The number of rotatable bonds is 8. The van der Waals surface area contributed by atoms with Crippen LogP contribution in [0.15, 0.2) is 47.6 Å². The number of esters is 1. The number of hydrogen-bond donors (Lipinski definition) is 3. The highest BCUT2D eigenvalue weighted by Crippen LogP contribution is 2.71. The van der Waals surface area contributed by atoms with Gasteiger partial charge in [0.25, 0.3) is 0 Å². The van der Waals surface area contributed by atoms with Gasteiger partial charge in [0.05, 0.1) is 12.0 Å². The summed E-state index contributed by atoms with van der Waals surface area (Å²) in [6.07, 6.45) is 12.4. The van der Waals surface area contributed by atoms with Crippen LogP contribution in [0.3, 0.4) is 0 Å². The lowest BCUT2D eigenvalue weighted by Gasteiger charge is -2.48. The first-order valence-electron chi connectivity index (χ1n) is 13.5. The summed E-state index contributed by atoms with van der Waals surface area (Å²) >= 11 is 0. The van der Waals surface area contributed by atoms with E-state index in [-0.39, 0.29) is 28.6 Å². The molecule has 0 amide bonds. The first-order chi connectivity index (χ1) is 17.0. The topological polar surface area (TPSA) is 104 Å². The van der Waals surface area contributed by atoms with Gasteiger partial charge in [-0.2, -0.15) is 0 Å². The van der Waals surface area contributed by atoms with Crippen LogP contribution in [0.5, 0.6) is 0 Å². The summed E-state index contributed by atoms with van der Waals surface area (Å²) < 4.78 is 5.76. The number of ether oxygens (including phenoxy) is 1. The van der Waals surface area contributed by atoms with Crippen molar-refractivity contribution < 1.29 is 29.6 Å². The molecule has 0 heterocycles. The van der Waals surface area contributed by atoms with Crippen LogP contribution in [0.1, 0.15) is 66.7 Å². The number of carbonyl (C=O) groups is 2. The highest BCUT2D eigenvalue weighted by atomic mass is 16.6. The largest absolute Gasteiger partial charge is 0.451 e. The van der Waals surface area contributed by atoms with E-state index in [1.54, 1.807) is 31.2 Å². The minimum Gasteiger partial charge on any atom is -0.451 e. The van der Waals surface area contributed by atoms with Gasteiger partial charge in [0.1, 0.15) is 6.10 Å². The van der Waals surface area contributed by atoms with Crippen molar-refractivity contribution in [1.29, 1.82) is 0 Å². The van der Waals surface area contributed by atoms with E-state index >= 15 is 0 Å². The lowest BCUT2D eigenvalue weighted by atomic mass is 9.59. The molecule has 3 N–H and O–H groups in total. The second kappa shape index (κ2) is 9.70. The number of aliphatic hydroxyl groups excluding tert-OH is 2. The maximum absolute atomic E-state index is 14.3. The number of Topliss-reactive ketones (excluding diaryl/α,β-unsaturated/α-hetero) is 1. The van der Waals surface area contributed by atoms with Gasteiger partial charge in [-0.3, -0.25) is 4.79 Å². The molecular formula is C30H42O6. The fraction of sp³-hybridized carbons (Fsp3) is 0.667. The number of aliphatic hydroxyl groups is 3. The number of carbonyl (C=O) groups excluding carboxylic acids is 2. The second-order valence-corrected chi connectivity index (χ2v) is 12.0. The van der Waals surface area contributed by atoms with Crippen molar-refractivity contribution in [2.75, 3.05) is 6.61 Å². The molecule has 6 heteroatoms. The third-order valence-corrected chi connectivity index (χ3v) is 9.58. The van der Waals surface area contributed by atoms with Crippen molar-refractivity contribution in [3.05, 3.63) is 47.6 Å². The Kier molecular flexibility index (Phi) is 7.28. The van der Waals surface area contributed by atoms with E-state index in [1.165, 1.54) is 6.08 Å². The van der Waals surface area contributed by atoms with Crippen molar-refractivity contribution in [1.82, 2.24) is 0 Å². The van der Waals surface area contributed by atoms with Crippen LogP contribution in [0.25, 0.3) is 0 Å². The number of hydrogen-bond acceptors (Lipinski definition) is 6. The van der Waals surface area contributed by atoms with Crippen LogP contribution in [0, 0.1) is 34.5 Å². The van der Waals surface area contributed by atoms with E-state index in [1.807, 2.05) is 13.0 Å². The Morgan fingerprint density at radius 3 is 2.64 bits per heavy atom. The molecule has 8 atom stereocenters. The molecule has 2 saturated carbocycles. The number of unbranched alkanes of at least 4 members (excludes halogenated alkanes) is 3. The smallest absolute Gasteiger partial charge is 0.331 e. The summed E-state index contributed by atoms with van der Waals surface area (Å²) in [7, 11) is 0. The van der Waals surface area contributed by atoms with Gasteiger partial charge in [-0.15, -0.1) is 0 Å². The van der Waals surface area contributed by atoms with Crippen LogP contribution < -0.4 is 0 Å². The van der Waals surface area contributed by atoms with Gasteiger partial charge in [0, 0.05) is 12.0 Å². The van der Waals surface area contributed by atoms with E-state index in [4.69, 9.17) is 4.74 Å². The van der Waals surface area contributed by atoms with E-state index in [2.05, 4.69) is 20.8 Å². The molecular weight excluding hydrogens is 456 g/mol. The quantitative estimate of drug-likeness (QED) is 0.153. The zero-order valence-corrected chi connectivity index (χ0v) is 22.2. The summed E-state index contributed by atoms with van der Waals surface area (Å²) in [5, 5.41) is 34.0. The van der Waals surface area contributed by atoms with Gasteiger partial charge >= 0.3 is 5.97 Å². The molecule has 4 aliphatic rings. The van der Waals surface area contributed by atoms with Crippen LogP contribution in [0.4, 0.5) is 0 Å². The molecule has 0 unspecified atom stereocenters. The van der Waals surface area contributed by atoms with Gasteiger partial charge in [0.15, 0.2) is 17.5 Å². The van der Waals surface area contributed by atoms with Crippen molar-refractivity contribution in [2.45, 2.75) is 84.5 Å². The Morgan fingerprint density at radius 1 is 1.25 bits per heavy atom. The molecule has 6 nitrogen and oxygen atoms in total. The first kappa shape index (κ1) is 27.0. The second-order valence-electron chi connectivity index (χ2n) is 12.0. The fourth-order valence-electron chi connectivity index (χ4n) is 7.57. The SMILES string of the molecule is CCCCC/C=C/C=C/C(=O)O[C@H]1C(C)=C[C@]23C(=O)[C@H](C=C(CO)[C@@H](O)[C@]12O)[C@H]1[C@@H](C[C@H]3C)C1(C)C. The molecule has 2 fully saturated rings. The van der Waals surface area contributed by atoms with Crippen molar-refractivity contribution in [3.63, 3.8) is 0 Å². The molecule has 0 aliphatic heterocycles. The lowest BCUT2D eigenvalue weighted by molar-refractivity contribution is -0.201. The maximum Gasteiger partial charge on any atom is 0.331 e. The third kappa shape index (κ3) is 3.88. The molecule has 4 aliphatic carbocycles. The van der Waals surface area contributed by atoms with Gasteiger partial charge in [0.2, 0.25) is 0 Å². The first-order valence-corrected chi connectivity index (χ1v) is 13.5. The highest BCUT2D eigenvalue weighted by Gasteiger charge is 2.76. The average Bonchev–Trinajstić information content (AvgIpc) is 3.32. The monoisotopic (exact) mass is 498 g/mol. The fourth-order valence-corrected chi connectivity index (χ4v) is 7.57. The Balaban J connectivity index is 1.66. The summed E-state index contributed by atoms with van der Waals surface area (Å²) in [5.41, 5.74) is -2.79. The zero-order valence-electron chi connectivity index (χ0n) is 22.2. The molecule has 36 heavy (non-hydrogen) atoms. The summed E-state index contributed by atoms with van der Waals surface area (Å²) in [6, 6.07) is 0. The lowest BCUT2D eigenvalue weighted by Crippen LogP contribution is -2.65. The molecule has 198 valence electrons. The number of ketones is 1. The van der Waals surface area contributed by atoms with E-state index in [0.717, 1.165) is 32.1 Å². The molecule has 4 rings (SSSR count). The summed E-state index contributed by atoms with van der Waals surface area (Å²) in [6.45, 7) is 9.66. The molecule has 2 bridgehead atoms. The normalized spacial score (nSPS) is 40.8. The Hall–Kier alpha value is -2.02. The molecule has 0 aromatic rings. The maximum atomic E-state index is 14.3. The Labute approximate surface area is 214 Å². The number of fused-ring (bicyclic) bond motifs is 3. The summed E-state index contributed by atoms with van der Waals surface area (Å²) in [4.78, 5) is 27.1. The van der Waals surface area contributed by atoms with Gasteiger partial charge in [-0.25, -0.2) is 4.79 Å². The van der Waals surface area contributed by atoms with Crippen molar-refractivity contribution in [2.24, 2.45) is 34.5 Å². The van der Waals surface area contributed by atoms with Crippen LogP contribution in [0.2, 0.25) is 0 Å². The average molecular weight is 499 g/mol. The molecule has 1 spiro atoms. The summed E-state index contributed by atoms with van der Waals surface area (Å²) in [5.74, 6) is -1.21. The van der Waals surface area contributed by atoms with Gasteiger partial charge in [-0.05, 0) is 60.5 Å². The predicted octanol–water partition coefficient (Wildman–Crippen LogP) is 4.06. The van der Waals surface area contributed by atoms with Gasteiger partial charge in [-0.1, -0.05) is 70.9 Å². The minimum atomic E-state index is -2.10. The minimum absolute atomic E-state index is 0.0290. The van der Waals surface area contributed by atoms with Crippen LogP contribution in [-0.2, 0) is 14.3 Å². The van der Waals surface area contributed by atoms with E-state index in [9.17, 15) is 24.9 Å². The number of allylic oxidation sites excluding steroid dienone is 4. The van der Waals surface area contributed by atoms with Gasteiger partial charge < -0.3 is 20.1 Å². The van der Waals surface area contributed by atoms with Crippen LogP contribution >= 0.6 is 0 Å². The van der Waals surface area contributed by atoms with E-state index in [0.29, 0.717) is 11.5 Å². The molecule has 0 aromatic carbocycles. The molecule has 0 saturated heterocycles. The Bertz CT molecular complexity index is 1020. The molecule has 0 radical (unpaired) electrons. The zero-order chi connectivity index (χ0) is 26.5. The molecule has 0 aromatic heterocycles. The third-order valence-electron chi connectivity index (χ3n) is 9.58. The Morgan fingerprint density at radius 2 is 1.97 bits per heavy atom. The van der Waals surface area contributed by atoms with Crippen molar-refractivity contribution in [3.8, 4) is 0 Å². The standard InChI is InChI=1S/C30H42O6/c1-6-7-8-9-10-11-12-13-23(32)36-27-18(2)16-29-19(3)14-22-24(28(22,4)5)21(26(29)34)15-20(17-31)25(33)30(27,29)35/h10-13,15-16,19,21-22,24-25,27,31,33,35H,6-9,14,17H2,1-5H3/b11-10+,13-12+/t19-,21-,22-,24+,25-,27+,29+,30+/m1/s1. The van der Waals surface area contributed by atoms with Crippen LogP contribution in [-0.4, -0.2) is 51.5 Å². The van der Waals surface area contributed by atoms with E-state index < -0.39 is 41.7 Å².